The Labute approximate surface area is 129 Å². The molecule has 2 N–H and O–H groups in total. The average Bonchev–Trinajstić information content (AvgIpc) is 2.89. The van der Waals surface area contributed by atoms with Crippen LogP contribution in [0.25, 0.3) is 16.8 Å². The number of rotatable bonds is 2. The highest BCUT2D eigenvalue weighted by atomic mass is 79.9. The summed E-state index contributed by atoms with van der Waals surface area (Å²) in [5.41, 5.74) is 6.36. The van der Waals surface area contributed by atoms with Crippen LogP contribution in [0.5, 0.6) is 5.75 Å². The zero-order valence-corrected chi connectivity index (χ0v) is 12.3. The molecule has 3 aromatic rings. The molecule has 0 saturated carbocycles. The highest BCUT2D eigenvalue weighted by Gasteiger charge is 2.33. The van der Waals surface area contributed by atoms with Gasteiger partial charge in [-0.1, -0.05) is 15.9 Å². The van der Waals surface area contributed by atoms with Crippen molar-refractivity contribution in [1.29, 1.82) is 0 Å². The van der Waals surface area contributed by atoms with E-state index >= 15 is 0 Å². The van der Waals surface area contributed by atoms with Crippen LogP contribution in [0, 0.1) is 0 Å². The van der Waals surface area contributed by atoms with Crippen molar-refractivity contribution in [3.05, 3.63) is 35.2 Å². The first-order valence-corrected chi connectivity index (χ1v) is 6.64. The maximum Gasteiger partial charge on any atom is 0.573 e. The fraction of sp³-hybridized carbons (Fsp3) is 0.0833. The first-order valence-electron chi connectivity index (χ1n) is 5.85. The van der Waals surface area contributed by atoms with Gasteiger partial charge in [0, 0.05) is 10.0 Å². The van der Waals surface area contributed by atoms with E-state index in [4.69, 9.17) is 5.73 Å². The quantitative estimate of drug-likeness (QED) is 0.746. The van der Waals surface area contributed by atoms with Crippen molar-refractivity contribution in [3.63, 3.8) is 0 Å². The van der Waals surface area contributed by atoms with Crippen molar-refractivity contribution >= 4 is 27.4 Å². The molecule has 0 aliphatic rings. The molecule has 1 aromatic carbocycles. The summed E-state index contributed by atoms with van der Waals surface area (Å²) in [5, 5.41) is 7.59. The van der Waals surface area contributed by atoms with E-state index in [0.29, 0.717) is 9.99 Å². The summed E-state index contributed by atoms with van der Waals surface area (Å²) in [6, 6.07) is 4.22. The molecule has 0 amide bonds. The maximum absolute atomic E-state index is 12.6. The number of fused-ring (bicyclic) bond motifs is 1. The number of hydrogen-bond acceptors (Lipinski definition) is 5. The lowest BCUT2D eigenvalue weighted by Crippen LogP contribution is -2.18. The summed E-state index contributed by atoms with van der Waals surface area (Å²) in [6.07, 6.45) is -2.00. The van der Waals surface area contributed by atoms with Crippen molar-refractivity contribution in [2.24, 2.45) is 0 Å². The van der Waals surface area contributed by atoms with Gasteiger partial charge >= 0.3 is 6.36 Å². The monoisotopic (exact) mass is 373 g/mol. The van der Waals surface area contributed by atoms with Gasteiger partial charge in [-0.15, -0.1) is 23.4 Å². The van der Waals surface area contributed by atoms with Gasteiger partial charge < -0.3 is 10.5 Å². The lowest BCUT2D eigenvalue weighted by Gasteiger charge is -2.14. The number of imidazole rings is 1. The van der Waals surface area contributed by atoms with Crippen LogP contribution in [-0.2, 0) is 0 Å². The van der Waals surface area contributed by atoms with Crippen LogP contribution in [0.3, 0.4) is 0 Å². The van der Waals surface area contributed by atoms with Crippen molar-refractivity contribution < 1.29 is 17.9 Å². The number of alkyl halides is 3. The molecule has 114 valence electrons. The number of ether oxygens (including phenoxy) is 1. The second kappa shape index (κ2) is 5.13. The topological polar surface area (TPSA) is 78.3 Å². The summed E-state index contributed by atoms with van der Waals surface area (Å²) in [7, 11) is 0. The number of hydrogen-bond donors (Lipinski definition) is 1. The third-order valence-electron chi connectivity index (χ3n) is 2.80. The smallest absolute Gasteiger partial charge is 0.405 e. The predicted octanol–water partition coefficient (Wildman–Crippen LogP) is 3.03. The summed E-state index contributed by atoms with van der Waals surface area (Å²) in [6.45, 7) is 0. The zero-order valence-electron chi connectivity index (χ0n) is 10.7. The predicted molar refractivity (Wildman–Crippen MR) is 75.0 cm³/mol. The summed E-state index contributed by atoms with van der Waals surface area (Å²) in [4.78, 5) is 3.90. The third kappa shape index (κ3) is 2.69. The third-order valence-corrected chi connectivity index (χ3v) is 3.30. The lowest BCUT2D eigenvalue weighted by molar-refractivity contribution is -0.274. The van der Waals surface area contributed by atoms with E-state index in [-0.39, 0.29) is 17.2 Å². The number of benzene rings is 1. The number of nitrogens with two attached hydrogens (primary N) is 1. The second-order valence-electron chi connectivity index (χ2n) is 4.24. The second-order valence-corrected chi connectivity index (χ2v) is 5.16. The Morgan fingerprint density at radius 2 is 2.00 bits per heavy atom. The lowest BCUT2D eigenvalue weighted by atomic mass is 10.1. The Hall–Kier alpha value is -2.36. The number of nitrogen functional groups attached to an aromatic ring is 1. The standard InChI is InChI=1S/C12H7BrF3N5O/c13-6-1-2-7(9(3-6)22-12(14,15)16)10-8-4-18-5-21(8)11(17)20-19-10/h1-5H,(H2,17,20). The van der Waals surface area contributed by atoms with E-state index in [1.165, 1.54) is 29.1 Å². The number of nitrogens with zero attached hydrogens (tertiary/aromatic N) is 4. The Morgan fingerprint density at radius 1 is 1.23 bits per heavy atom. The van der Waals surface area contributed by atoms with Gasteiger partial charge in [0.15, 0.2) is 0 Å². The molecule has 0 fully saturated rings. The number of aromatic nitrogens is 4. The molecule has 0 bridgehead atoms. The molecule has 2 heterocycles. The van der Waals surface area contributed by atoms with E-state index in [0.717, 1.165) is 0 Å². The van der Waals surface area contributed by atoms with Gasteiger partial charge in [0.25, 0.3) is 0 Å². The highest BCUT2D eigenvalue weighted by Crippen LogP contribution is 2.36. The molecule has 0 atom stereocenters. The summed E-state index contributed by atoms with van der Waals surface area (Å²) in [5.74, 6) is -0.323. The van der Waals surface area contributed by atoms with Gasteiger partial charge in [-0.2, -0.15) is 0 Å². The zero-order chi connectivity index (χ0) is 15.9. The van der Waals surface area contributed by atoms with E-state index in [1.54, 1.807) is 6.07 Å². The Kier molecular flexibility index (Phi) is 3.39. The highest BCUT2D eigenvalue weighted by molar-refractivity contribution is 9.10. The van der Waals surface area contributed by atoms with Gasteiger partial charge in [0.2, 0.25) is 5.95 Å². The Bertz CT molecular complexity index is 848. The first-order chi connectivity index (χ1) is 10.3. The fourth-order valence-corrected chi connectivity index (χ4v) is 2.29. The molecule has 0 aliphatic carbocycles. The Balaban J connectivity index is 2.22. The van der Waals surface area contributed by atoms with Crippen LogP contribution in [0.4, 0.5) is 19.1 Å². The van der Waals surface area contributed by atoms with Gasteiger partial charge in [-0.3, -0.25) is 4.40 Å². The summed E-state index contributed by atoms with van der Waals surface area (Å²) < 4.78 is 43.6. The largest absolute Gasteiger partial charge is 0.573 e. The van der Waals surface area contributed by atoms with E-state index in [2.05, 4.69) is 35.8 Å². The Morgan fingerprint density at radius 3 is 2.73 bits per heavy atom. The van der Waals surface area contributed by atoms with Crippen molar-refractivity contribution in [2.75, 3.05) is 5.73 Å². The van der Waals surface area contributed by atoms with Gasteiger partial charge in [0.1, 0.15) is 17.8 Å². The molecular formula is C12H7BrF3N5O. The van der Waals surface area contributed by atoms with E-state index in [1.807, 2.05) is 0 Å². The van der Waals surface area contributed by atoms with Crippen molar-refractivity contribution in [2.45, 2.75) is 6.36 Å². The van der Waals surface area contributed by atoms with Gasteiger partial charge in [0.05, 0.1) is 11.7 Å². The number of halogens is 4. The van der Waals surface area contributed by atoms with Gasteiger partial charge in [-0.25, -0.2) is 4.98 Å². The molecule has 0 radical (unpaired) electrons. The molecule has 0 aliphatic heterocycles. The molecule has 22 heavy (non-hydrogen) atoms. The van der Waals surface area contributed by atoms with Crippen LogP contribution in [0.15, 0.2) is 35.2 Å². The van der Waals surface area contributed by atoms with Crippen LogP contribution in [0.1, 0.15) is 0 Å². The first kappa shape index (κ1) is 14.6. The molecule has 2 aromatic heterocycles. The SMILES string of the molecule is Nc1nnc(-c2ccc(Br)cc2OC(F)(F)F)c2cncn12. The molecule has 0 saturated heterocycles. The fourth-order valence-electron chi connectivity index (χ4n) is 1.95. The molecular weight excluding hydrogens is 367 g/mol. The van der Waals surface area contributed by atoms with Crippen LogP contribution in [0.2, 0.25) is 0 Å². The van der Waals surface area contributed by atoms with Crippen LogP contribution in [-0.4, -0.2) is 25.9 Å². The summed E-state index contributed by atoms with van der Waals surface area (Å²) >= 11 is 3.11. The van der Waals surface area contributed by atoms with E-state index < -0.39 is 12.1 Å². The normalized spacial score (nSPS) is 11.8. The average molecular weight is 374 g/mol. The van der Waals surface area contributed by atoms with E-state index in [9.17, 15) is 13.2 Å². The maximum atomic E-state index is 12.6. The van der Waals surface area contributed by atoms with Crippen LogP contribution >= 0.6 is 15.9 Å². The van der Waals surface area contributed by atoms with Crippen molar-refractivity contribution in [1.82, 2.24) is 19.6 Å². The minimum atomic E-state index is -4.83. The minimum absolute atomic E-state index is 0.0756. The van der Waals surface area contributed by atoms with Crippen LogP contribution < -0.4 is 10.5 Å². The molecule has 10 heteroatoms. The molecule has 0 spiro atoms. The van der Waals surface area contributed by atoms with Crippen molar-refractivity contribution in [3.8, 4) is 17.0 Å². The molecule has 6 nitrogen and oxygen atoms in total. The number of anilines is 1. The minimum Gasteiger partial charge on any atom is -0.405 e. The van der Waals surface area contributed by atoms with Gasteiger partial charge in [-0.05, 0) is 18.2 Å². The molecule has 3 rings (SSSR count). The molecule has 0 unspecified atom stereocenters.